The highest BCUT2D eigenvalue weighted by Gasteiger charge is 2.29. The summed E-state index contributed by atoms with van der Waals surface area (Å²) in [7, 11) is -4.17. The Morgan fingerprint density at radius 2 is 1.97 bits per heavy atom. The van der Waals surface area contributed by atoms with E-state index in [0.717, 1.165) is 12.8 Å². The highest BCUT2D eigenvalue weighted by atomic mass is 35.5. The summed E-state index contributed by atoms with van der Waals surface area (Å²) in [5.41, 5.74) is 0.885. The highest BCUT2D eigenvalue weighted by molar-refractivity contribution is 7.89. The Bertz CT molecular complexity index is 1060. The Labute approximate surface area is 174 Å². The first-order valence-corrected chi connectivity index (χ1v) is 11.1. The minimum absolute atomic E-state index is 0.00496. The molecule has 3 rings (SSSR count). The quantitative estimate of drug-likeness (QED) is 0.752. The van der Waals surface area contributed by atoms with Gasteiger partial charge in [-0.05, 0) is 49.6 Å². The molecular formula is C20H22ClN3O4S. The van der Waals surface area contributed by atoms with Gasteiger partial charge < -0.3 is 10.2 Å². The van der Waals surface area contributed by atoms with Gasteiger partial charge in [-0.25, -0.2) is 13.6 Å². The molecule has 1 fully saturated rings. The number of hydrogen-bond donors (Lipinski definition) is 2. The number of carbonyl (C=O) groups is 2. The summed E-state index contributed by atoms with van der Waals surface area (Å²) in [5.74, 6) is -0.751. The van der Waals surface area contributed by atoms with Crippen molar-refractivity contribution in [1.82, 2.24) is 4.90 Å². The van der Waals surface area contributed by atoms with Crippen LogP contribution in [0.15, 0.2) is 47.4 Å². The predicted molar refractivity (Wildman–Crippen MR) is 111 cm³/mol. The number of likely N-dealkylation sites (tertiary alicyclic amines) is 1. The summed E-state index contributed by atoms with van der Waals surface area (Å²) >= 11 is 6.07. The molecule has 1 unspecified atom stereocenters. The van der Waals surface area contributed by atoms with Crippen molar-refractivity contribution in [3.8, 4) is 0 Å². The summed E-state index contributed by atoms with van der Waals surface area (Å²) in [6, 6.07) is 11.1. The SMILES string of the molecule is CC1CCCN1C(=O)c1ccc(NC(=O)Cc2ccccc2Cl)cc1S(N)(=O)=O. The zero-order chi connectivity index (χ0) is 21.2. The minimum Gasteiger partial charge on any atom is -0.336 e. The topological polar surface area (TPSA) is 110 Å². The van der Waals surface area contributed by atoms with Crippen molar-refractivity contribution in [3.05, 3.63) is 58.6 Å². The van der Waals surface area contributed by atoms with Crippen LogP contribution in [-0.4, -0.2) is 37.7 Å². The van der Waals surface area contributed by atoms with Crippen LogP contribution < -0.4 is 10.5 Å². The Hall–Kier alpha value is -2.42. The number of nitrogens with zero attached hydrogens (tertiary/aromatic N) is 1. The number of rotatable bonds is 5. The summed E-state index contributed by atoms with van der Waals surface area (Å²) in [6.45, 7) is 2.49. The molecule has 1 saturated heterocycles. The van der Waals surface area contributed by atoms with E-state index in [-0.39, 0.29) is 40.4 Å². The average molecular weight is 436 g/mol. The smallest absolute Gasteiger partial charge is 0.255 e. The van der Waals surface area contributed by atoms with Gasteiger partial charge >= 0.3 is 0 Å². The molecule has 2 aromatic rings. The van der Waals surface area contributed by atoms with E-state index in [4.69, 9.17) is 16.7 Å². The van der Waals surface area contributed by atoms with Crippen molar-refractivity contribution in [1.29, 1.82) is 0 Å². The lowest BCUT2D eigenvalue weighted by molar-refractivity contribution is -0.115. The average Bonchev–Trinajstić information content (AvgIpc) is 3.08. The molecule has 154 valence electrons. The summed E-state index contributed by atoms with van der Waals surface area (Å²) in [4.78, 5) is 26.5. The summed E-state index contributed by atoms with van der Waals surface area (Å²) in [6.07, 6.45) is 1.76. The molecule has 7 nitrogen and oxygen atoms in total. The van der Waals surface area contributed by atoms with Crippen molar-refractivity contribution in [2.75, 3.05) is 11.9 Å². The van der Waals surface area contributed by atoms with Gasteiger partial charge in [0.15, 0.2) is 0 Å². The Morgan fingerprint density at radius 1 is 1.24 bits per heavy atom. The molecule has 1 atom stereocenters. The highest BCUT2D eigenvalue weighted by Crippen LogP contribution is 2.26. The van der Waals surface area contributed by atoms with Crippen LogP contribution in [-0.2, 0) is 21.2 Å². The normalized spacial score (nSPS) is 16.7. The molecule has 3 N–H and O–H groups in total. The van der Waals surface area contributed by atoms with Crippen LogP contribution in [0.1, 0.15) is 35.7 Å². The van der Waals surface area contributed by atoms with Crippen LogP contribution in [0.4, 0.5) is 5.69 Å². The first-order valence-electron chi connectivity index (χ1n) is 9.18. The Morgan fingerprint density at radius 3 is 2.59 bits per heavy atom. The second kappa shape index (κ2) is 8.52. The molecule has 2 aromatic carbocycles. The second-order valence-electron chi connectivity index (χ2n) is 7.06. The summed E-state index contributed by atoms with van der Waals surface area (Å²) in [5, 5.41) is 8.44. The van der Waals surface area contributed by atoms with E-state index in [0.29, 0.717) is 17.1 Å². The largest absolute Gasteiger partial charge is 0.336 e. The molecule has 0 aromatic heterocycles. The molecular weight excluding hydrogens is 414 g/mol. The number of benzene rings is 2. The van der Waals surface area contributed by atoms with Gasteiger partial charge in [0.2, 0.25) is 15.9 Å². The van der Waals surface area contributed by atoms with Gasteiger partial charge in [0, 0.05) is 23.3 Å². The fourth-order valence-electron chi connectivity index (χ4n) is 3.42. The van der Waals surface area contributed by atoms with Crippen molar-refractivity contribution < 1.29 is 18.0 Å². The second-order valence-corrected chi connectivity index (χ2v) is 9.00. The van der Waals surface area contributed by atoms with Gasteiger partial charge in [-0.1, -0.05) is 29.8 Å². The van der Waals surface area contributed by atoms with E-state index in [9.17, 15) is 18.0 Å². The standard InChI is InChI=1S/C20H22ClN3O4S/c1-13-5-4-10-24(13)20(26)16-9-8-15(12-18(16)29(22,27)28)23-19(25)11-14-6-2-3-7-17(14)21/h2-3,6-9,12-13H,4-5,10-11H2,1H3,(H,23,25)(H2,22,27,28). The fourth-order valence-corrected chi connectivity index (χ4v) is 4.38. The van der Waals surface area contributed by atoms with Gasteiger partial charge in [-0.2, -0.15) is 0 Å². The zero-order valence-electron chi connectivity index (χ0n) is 15.9. The third kappa shape index (κ3) is 4.95. The number of carbonyl (C=O) groups excluding carboxylic acids is 2. The van der Waals surface area contributed by atoms with E-state index < -0.39 is 10.0 Å². The van der Waals surface area contributed by atoms with Gasteiger partial charge in [-0.15, -0.1) is 0 Å². The van der Waals surface area contributed by atoms with Crippen molar-refractivity contribution in [2.24, 2.45) is 5.14 Å². The van der Waals surface area contributed by atoms with E-state index in [2.05, 4.69) is 5.32 Å². The lowest BCUT2D eigenvalue weighted by Crippen LogP contribution is -2.35. The monoisotopic (exact) mass is 435 g/mol. The van der Waals surface area contributed by atoms with Crippen molar-refractivity contribution >= 4 is 39.1 Å². The molecule has 0 bridgehead atoms. The van der Waals surface area contributed by atoms with Crippen molar-refractivity contribution in [3.63, 3.8) is 0 Å². The first-order chi connectivity index (χ1) is 13.7. The van der Waals surface area contributed by atoms with Crippen molar-refractivity contribution in [2.45, 2.75) is 37.1 Å². The van der Waals surface area contributed by atoms with Crippen LogP contribution in [0, 0.1) is 0 Å². The summed E-state index contributed by atoms with van der Waals surface area (Å²) < 4.78 is 24.2. The number of halogens is 1. The van der Waals surface area contributed by atoms with E-state index >= 15 is 0 Å². The number of hydrogen-bond acceptors (Lipinski definition) is 4. The Kier molecular flexibility index (Phi) is 6.26. The zero-order valence-corrected chi connectivity index (χ0v) is 17.5. The molecule has 1 aliphatic rings. The van der Waals surface area contributed by atoms with Crippen LogP contribution in [0.3, 0.4) is 0 Å². The van der Waals surface area contributed by atoms with Crippen LogP contribution >= 0.6 is 11.6 Å². The van der Waals surface area contributed by atoms with Gasteiger partial charge in [-0.3, -0.25) is 9.59 Å². The Balaban J connectivity index is 1.85. The molecule has 0 saturated carbocycles. The maximum absolute atomic E-state index is 12.8. The fraction of sp³-hybridized carbons (Fsp3) is 0.300. The minimum atomic E-state index is -4.17. The molecule has 0 radical (unpaired) electrons. The van der Waals surface area contributed by atoms with Crippen LogP contribution in [0.2, 0.25) is 5.02 Å². The van der Waals surface area contributed by atoms with Gasteiger partial charge in [0.05, 0.1) is 16.9 Å². The van der Waals surface area contributed by atoms with E-state index in [1.165, 1.54) is 18.2 Å². The molecule has 1 aliphatic heterocycles. The van der Waals surface area contributed by atoms with E-state index in [1.807, 2.05) is 6.92 Å². The van der Waals surface area contributed by atoms with Gasteiger partial charge in [0.25, 0.3) is 5.91 Å². The molecule has 0 aliphatic carbocycles. The number of anilines is 1. The molecule has 0 spiro atoms. The predicted octanol–water partition coefficient (Wildman–Crippen LogP) is 2.79. The van der Waals surface area contributed by atoms with Crippen LogP contribution in [0.5, 0.6) is 0 Å². The van der Waals surface area contributed by atoms with E-state index in [1.54, 1.807) is 29.2 Å². The molecule has 9 heteroatoms. The molecule has 1 heterocycles. The van der Waals surface area contributed by atoms with Crippen LogP contribution in [0.25, 0.3) is 0 Å². The molecule has 29 heavy (non-hydrogen) atoms. The number of primary sulfonamides is 1. The lowest BCUT2D eigenvalue weighted by Gasteiger charge is -2.22. The maximum atomic E-state index is 12.8. The third-order valence-electron chi connectivity index (χ3n) is 4.92. The number of nitrogens with two attached hydrogens (primary N) is 1. The van der Waals surface area contributed by atoms with Gasteiger partial charge in [0.1, 0.15) is 0 Å². The number of amides is 2. The number of nitrogens with one attached hydrogen (secondary N) is 1. The number of sulfonamides is 1. The molecule has 2 amide bonds. The maximum Gasteiger partial charge on any atom is 0.255 e. The lowest BCUT2D eigenvalue weighted by atomic mass is 10.1. The first kappa shape index (κ1) is 21.3. The third-order valence-corrected chi connectivity index (χ3v) is 6.24.